The molecule has 7 nitrogen and oxygen atoms in total. The molecule has 164 valence electrons. The van der Waals surface area contributed by atoms with E-state index in [1.807, 2.05) is 23.7 Å². The number of benzene rings is 1. The molecule has 1 aromatic heterocycles. The van der Waals surface area contributed by atoms with Crippen molar-refractivity contribution in [1.29, 1.82) is 0 Å². The Labute approximate surface area is 180 Å². The van der Waals surface area contributed by atoms with Gasteiger partial charge in [0.15, 0.2) is 17.5 Å². The Hall–Kier alpha value is -2.96. The second-order valence-corrected chi connectivity index (χ2v) is 7.11. The number of hydrogen-bond acceptors (Lipinski definition) is 4. The minimum atomic E-state index is 0.539. The fraction of sp³-hybridized carbons (Fsp3) is 0.478. The third-order valence-corrected chi connectivity index (χ3v) is 4.69. The number of aryl methyl sites for hydroxylation is 3. The van der Waals surface area contributed by atoms with E-state index in [-0.39, 0.29) is 0 Å². The molecule has 0 amide bonds. The van der Waals surface area contributed by atoms with Crippen LogP contribution in [0.5, 0.6) is 11.5 Å². The molecule has 30 heavy (non-hydrogen) atoms. The van der Waals surface area contributed by atoms with Gasteiger partial charge in [-0.05, 0) is 57.4 Å². The average Bonchev–Trinajstić information content (AvgIpc) is 3.05. The van der Waals surface area contributed by atoms with Crippen LogP contribution < -0.4 is 20.1 Å². The van der Waals surface area contributed by atoms with Crippen LogP contribution >= 0.6 is 0 Å². The van der Waals surface area contributed by atoms with Crippen LogP contribution in [0, 0.1) is 13.8 Å². The summed E-state index contributed by atoms with van der Waals surface area (Å²) in [5.41, 5.74) is 4.35. The number of guanidine groups is 1. The molecule has 0 saturated carbocycles. The van der Waals surface area contributed by atoms with Crippen molar-refractivity contribution < 1.29 is 9.47 Å². The zero-order chi connectivity index (χ0) is 21.9. The predicted octanol–water partition coefficient (Wildman–Crippen LogP) is 3.39. The minimum Gasteiger partial charge on any atom is -0.493 e. The van der Waals surface area contributed by atoms with Crippen LogP contribution in [0.1, 0.15) is 35.9 Å². The summed E-state index contributed by atoms with van der Waals surface area (Å²) < 4.78 is 13.1. The molecule has 2 rings (SSSR count). The third-order valence-electron chi connectivity index (χ3n) is 4.69. The van der Waals surface area contributed by atoms with Gasteiger partial charge in [0, 0.05) is 30.9 Å². The molecule has 0 radical (unpaired) electrons. The Bertz CT molecular complexity index is 858. The molecule has 0 unspecified atom stereocenters. The van der Waals surface area contributed by atoms with Crippen LogP contribution in [0.3, 0.4) is 0 Å². The first-order valence-electron chi connectivity index (χ1n) is 10.4. The standard InChI is InChI=1S/C23H35N5O2/c1-7-10-20-14-19(15-21(29-5)22(20)30-6)16-26-23(24-8-2)25-11-9-12-28-18(4)13-17(3)27-28/h7,13-15H,1,8-12,16H2,2-6H3,(H2,24,25,26). The van der Waals surface area contributed by atoms with Gasteiger partial charge in [-0.15, -0.1) is 6.58 Å². The topological polar surface area (TPSA) is 72.7 Å². The first-order chi connectivity index (χ1) is 14.5. The van der Waals surface area contributed by atoms with Crippen LogP contribution in [-0.4, -0.2) is 43.0 Å². The van der Waals surface area contributed by atoms with Gasteiger partial charge in [0.05, 0.1) is 26.5 Å². The number of methoxy groups -OCH3 is 2. The van der Waals surface area contributed by atoms with Crippen LogP contribution in [-0.2, 0) is 19.5 Å². The highest BCUT2D eigenvalue weighted by Crippen LogP contribution is 2.33. The van der Waals surface area contributed by atoms with Crippen molar-refractivity contribution in [1.82, 2.24) is 20.4 Å². The van der Waals surface area contributed by atoms with Gasteiger partial charge >= 0.3 is 0 Å². The lowest BCUT2D eigenvalue weighted by molar-refractivity contribution is 0.352. The van der Waals surface area contributed by atoms with E-state index in [1.165, 1.54) is 5.69 Å². The van der Waals surface area contributed by atoms with Gasteiger partial charge in [0.25, 0.3) is 0 Å². The maximum absolute atomic E-state index is 5.51. The number of nitrogens with one attached hydrogen (secondary N) is 2. The van der Waals surface area contributed by atoms with E-state index in [1.54, 1.807) is 14.2 Å². The van der Waals surface area contributed by atoms with Crippen LogP contribution in [0.25, 0.3) is 0 Å². The smallest absolute Gasteiger partial charge is 0.191 e. The lowest BCUT2D eigenvalue weighted by atomic mass is 10.1. The minimum absolute atomic E-state index is 0.539. The van der Waals surface area contributed by atoms with Crippen LogP contribution in [0.4, 0.5) is 0 Å². The summed E-state index contributed by atoms with van der Waals surface area (Å²) in [6.45, 7) is 13.0. The van der Waals surface area contributed by atoms with Gasteiger partial charge in [-0.1, -0.05) is 6.08 Å². The molecule has 1 aromatic carbocycles. The molecular formula is C23H35N5O2. The fourth-order valence-corrected chi connectivity index (χ4v) is 3.35. The number of aliphatic imine (C=N–C) groups is 1. The molecule has 0 spiro atoms. The van der Waals surface area contributed by atoms with E-state index < -0.39 is 0 Å². The van der Waals surface area contributed by atoms with E-state index in [0.717, 1.165) is 54.6 Å². The third kappa shape index (κ3) is 6.54. The zero-order valence-electron chi connectivity index (χ0n) is 18.9. The Morgan fingerprint density at radius 3 is 2.60 bits per heavy atom. The van der Waals surface area contributed by atoms with Gasteiger partial charge in [-0.2, -0.15) is 5.10 Å². The van der Waals surface area contributed by atoms with E-state index in [2.05, 4.69) is 48.3 Å². The first kappa shape index (κ1) is 23.3. The van der Waals surface area contributed by atoms with E-state index in [9.17, 15) is 0 Å². The summed E-state index contributed by atoms with van der Waals surface area (Å²) in [7, 11) is 3.30. The number of ether oxygens (including phenoxy) is 2. The van der Waals surface area contributed by atoms with E-state index in [4.69, 9.17) is 14.5 Å². The van der Waals surface area contributed by atoms with Crippen LogP contribution in [0.15, 0.2) is 35.8 Å². The summed E-state index contributed by atoms with van der Waals surface area (Å²) in [5, 5.41) is 11.2. The maximum atomic E-state index is 5.51. The Morgan fingerprint density at radius 1 is 1.20 bits per heavy atom. The monoisotopic (exact) mass is 413 g/mol. The summed E-state index contributed by atoms with van der Waals surface area (Å²) in [5.74, 6) is 2.26. The molecule has 0 atom stereocenters. The van der Waals surface area contributed by atoms with Gasteiger partial charge < -0.3 is 20.1 Å². The molecule has 2 N–H and O–H groups in total. The molecule has 0 aliphatic rings. The number of allylic oxidation sites excluding steroid dienone is 1. The second-order valence-electron chi connectivity index (χ2n) is 7.11. The lowest BCUT2D eigenvalue weighted by Crippen LogP contribution is -2.38. The summed E-state index contributed by atoms with van der Waals surface area (Å²) >= 11 is 0. The average molecular weight is 414 g/mol. The van der Waals surface area contributed by atoms with Crippen molar-refractivity contribution in [2.45, 2.75) is 46.7 Å². The van der Waals surface area contributed by atoms with Crippen molar-refractivity contribution >= 4 is 5.96 Å². The Kier molecular flexibility index (Phi) is 9.25. The quantitative estimate of drug-likeness (QED) is 0.256. The molecule has 7 heteroatoms. The molecule has 0 aliphatic heterocycles. The van der Waals surface area contributed by atoms with Gasteiger partial charge in [0.2, 0.25) is 0 Å². The van der Waals surface area contributed by atoms with Crippen molar-refractivity contribution in [2.24, 2.45) is 4.99 Å². The Balaban J connectivity index is 2.01. The Morgan fingerprint density at radius 2 is 2.00 bits per heavy atom. The van der Waals surface area contributed by atoms with Crippen molar-refractivity contribution in [2.75, 3.05) is 27.3 Å². The summed E-state index contributed by atoms with van der Waals surface area (Å²) in [4.78, 5) is 4.73. The molecule has 2 aromatic rings. The van der Waals surface area contributed by atoms with Crippen molar-refractivity contribution in [3.05, 3.63) is 53.4 Å². The lowest BCUT2D eigenvalue weighted by Gasteiger charge is -2.15. The fourth-order valence-electron chi connectivity index (χ4n) is 3.35. The van der Waals surface area contributed by atoms with Crippen LogP contribution in [0.2, 0.25) is 0 Å². The predicted molar refractivity (Wildman–Crippen MR) is 123 cm³/mol. The molecule has 1 heterocycles. The largest absolute Gasteiger partial charge is 0.493 e. The van der Waals surface area contributed by atoms with Gasteiger partial charge in [0.1, 0.15) is 0 Å². The second kappa shape index (κ2) is 11.9. The highest BCUT2D eigenvalue weighted by atomic mass is 16.5. The van der Waals surface area contributed by atoms with E-state index in [0.29, 0.717) is 18.7 Å². The highest BCUT2D eigenvalue weighted by molar-refractivity contribution is 5.79. The zero-order valence-corrected chi connectivity index (χ0v) is 18.9. The number of aromatic nitrogens is 2. The molecule has 0 aliphatic carbocycles. The highest BCUT2D eigenvalue weighted by Gasteiger charge is 2.11. The van der Waals surface area contributed by atoms with Gasteiger partial charge in [-0.25, -0.2) is 4.99 Å². The summed E-state index contributed by atoms with van der Waals surface area (Å²) in [6, 6.07) is 6.17. The number of nitrogens with zero attached hydrogens (tertiary/aromatic N) is 3. The number of hydrogen-bond donors (Lipinski definition) is 2. The van der Waals surface area contributed by atoms with Crippen molar-refractivity contribution in [3.8, 4) is 11.5 Å². The normalized spacial score (nSPS) is 11.3. The van der Waals surface area contributed by atoms with Crippen molar-refractivity contribution in [3.63, 3.8) is 0 Å². The van der Waals surface area contributed by atoms with E-state index >= 15 is 0 Å². The summed E-state index contributed by atoms with van der Waals surface area (Å²) in [6.07, 6.45) is 3.53. The molecular weight excluding hydrogens is 378 g/mol. The molecule has 0 bridgehead atoms. The SMILES string of the molecule is C=CCc1cc(CN=C(NCC)NCCCn2nc(C)cc2C)cc(OC)c1OC. The van der Waals surface area contributed by atoms with Gasteiger partial charge in [-0.3, -0.25) is 4.68 Å². The maximum Gasteiger partial charge on any atom is 0.191 e. The number of rotatable bonds is 11. The first-order valence-corrected chi connectivity index (χ1v) is 10.4. The molecule has 0 saturated heterocycles. The molecule has 0 fully saturated rings.